The van der Waals surface area contributed by atoms with E-state index in [0.717, 1.165) is 0 Å². The number of aromatic amines is 1. The quantitative estimate of drug-likeness (QED) is 0.673. The topological polar surface area (TPSA) is 121 Å². The van der Waals surface area contributed by atoms with E-state index in [1.54, 1.807) is 29.4 Å². The predicted octanol–water partition coefficient (Wildman–Crippen LogP) is 0.464. The van der Waals surface area contributed by atoms with E-state index in [-0.39, 0.29) is 17.7 Å². The highest BCUT2D eigenvalue weighted by atomic mass is 16.2. The van der Waals surface area contributed by atoms with Crippen molar-refractivity contribution in [2.45, 2.75) is 12.3 Å². The minimum Gasteiger partial charge on any atom is -0.337 e. The SMILES string of the molecule is Cc1nc([C@]23CN(C(=O)c4cccnc4)C[C@H]2CN(C(=O)c2cnccn2)C3)n[nH]1. The standard InChI is InChI=1S/C20H20N8O2/c1-13-24-19(26-25-13)20-11-27(17(29)14-3-2-4-21-7-14)9-15(20)10-28(12-20)18(30)16-8-22-5-6-23-16/h2-8,15H,9-12H2,1H3,(H,24,25,26)/t15-,20-/m0/s1. The average Bonchev–Trinajstić information content (AvgIpc) is 3.46. The van der Waals surface area contributed by atoms with Crippen LogP contribution in [0.2, 0.25) is 0 Å². The molecular formula is C20H20N8O2. The zero-order valence-electron chi connectivity index (χ0n) is 16.4. The maximum Gasteiger partial charge on any atom is 0.274 e. The first-order valence-corrected chi connectivity index (χ1v) is 9.71. The van der Waals surface area contributed by atoms with Gasteiger partial charge in [-0.15, -0.1) is 0 Å². The molecule has 2 fully saturated rings. The largest absolute Gasteiger partial charge is 0.337 e. The lowest BCUT2D eigenvalue weighted by atomic mass is 9.80. The molecule has 1 N–H and O–H groups in total. The van der Waals surface area contributed by atoms with Crippen molar-refractivity contribution in [1.82, 2.24) is 39.9 Å². The molecule has 2 amide bonds. The molecule has 3 aromatic rings. The maximum atomic E-state index is 13.0. The predicted molar refractivity (Wildman–Crippen MR) is 104 cm³/mol. The lowest BCUT2D eigenvalue weighted by molar-refractivity contribution is 0.0728. The second-order valence-electron chi connectivity index (χ2n) is 7.80. The number of nitrogens with zero attached hydrogens (tertiary/aromatic N) is 7. The first kappa shape index (κ1) is 18.3. The highest BCUT2D eigenvalue weighted by molar-refractivity contribution is 5.94. The fraction of sp³-hybridized carbons (Fsp3) is 0.350. The van der Waals surface area contributed by atoms with Gasteiger partial charge in [0.05, 0.1) is 17.2 Å². The molecule has 0 radical (unpaired) electrons. The molecule has 0 spiro atoms. The molecule has 0 bridgehead atoms. The van der Waals surface area contributed by atoms with Crippen molar-refractivity contribution in [3.63, 3.8) is 0 Å². The summed E-state index contributed by atoms with van der Waals surface area (Å²) < 4.78 is 0. The second-order valence-corrected chi connectivity index (χ2v) is 7.80. The highest BCUT2D eigenvalue weighted by Crippen LogP contribution is 2.44. The summed E-state index contributed by atoms with van der Waals surface area (Å²) in [6, 6.07) is 3.51. The molecule has 0 saturated carbocycles. The van der Waals surface area contributed by atoms with Crippen LogP contribution in [0.5, 0.6) is 0 Å². The Morgan fingerprint density at radius 2 is 1.83 bits per heavy atom. The van der Waals surface area contributed by atoms with Crippen LogP contribution in [-0.4, -0.2) is 77.9 Å². The number of fused-ring (bicyclic) bond motifs is 1. The van der Waals surface area contributed by atoms with Crippen molar-refractivity contribution in [2.24, 2.45) is 5.92 Å². The van der Waals surface area contributed by atoms with Crippen molar-refractivity contribution < 1.29 is 9.59 Å². The van der Waals surface area contributed by atoms with Gasteiger partial charge in [-0.2, -0.15) is 5.10 Å². The van der Waals surface area contributed by atoms with E-state index >= 15 is 0 Å². The summed E-state index contributed by atoms with van der Waals surface area (Å²) in [6.07, 6.45) is 7.73. The van der Waals surface area contributed by atoms with Crippen LogP contribution in [-0.2, 0) is 5.41 Å². The summed E-state index contributed by atoms with van der Waals surface area (Å²) in [7, 11) is 0. The number of hydrogen-bond donors (Lipinski definition) is 1. The summed E-state index contributed by atoms with van der Waals surface area (Å²) in [5.41, 5.74) is 0.328. The van der Waals surface area contributed by atoms with E-state index in [9.17, 15) is 9.59 Å². The van der Waals surface area contributed by atoms with Gasteiger partial charge in [-0.25, -0.2) is 9.97 Å². The summed E-state index contributed by atoms with van der Waals surface area (Å²) in [5.74, 6) is 1.12. The van der Waals surface area contributed by atoms with Crippen LogP contribution in [0.1, 0.15) is 32.5 Å². The van der Waals surface area contributed by atoms with Crippen LogP contribution in [0.25, 0.3) is 0 Å². The van der Waals surface area contributed by atoms with Gasteiger partial charge in [-0.1, -0.05) is 0 Å². The van der Waals surface area contributed by atoms with Crippen LogP contribution >= 0.6 is 0 Å². The van der Waals surface area contributed by atoms with Gasteiger partial charge in [0.2, 0.25) is 0 Å². The van der Waals surface area contributed by atoms with Crippen LogP contribution in [0, 0.1) is 12.8 Å². The van der Waals surface area contributed by atoms with E-state index in [2.05, 4.69) is 30.1 Å². The molecule has 5 heterocycles. The molecule has 0 unspecified atom stereocenters. The zero-order valence-corrected chi connectivity index (χ0v) is 16.4. The Labute approximate surface area is 172 Å². The number of rotatable bonds is 3. The number of carbonyl (C=O) groups is 2. The third-order valence-electron chi connectivity index (χ3n) is 5.92. The Balaban J connectivity index is 1.45. The third kappa shape index (κ3) is 2.92. The third-order valence-corrected chi connectivity index (χ3v) is 5.92. The number of pyridine rings is 1. The normalized spacial score (nSPS) is 22.9. The second kappa shape index (κ2) is 6.97. The smallest absolute Gasteiger partial charge is 0.274 e. The highest BCUT2D eigenvalue weighted by Gasteiger charge is 2.57. The van der Waals surface area contributed by atoms with Crippen LogP contribution in [0.3, 0.4) is 0 Å². The molecule has 10 nitrogen and oxygen atoms in total. The lowest BCUT2D eigenvalue weighted by Gasteiger charge is -2.26. The molecule has 10 heteroatoms. The summed E-state index contributed by atoms with van der Waals surface area (Å²) >= 11 is 0. The molecule has 2 saturated heterocycles. The molecule has 0 aliphatic carbocycles. The summed E-state index contributed by atoms with van der Waals surface area (Å²) in [5, 5.41) is 7.32. The van der Waals surface area contributed by atoms with Crippen LogP contribution in [0.15, 0.2) is 43.1 Å². The lowest BCUT2D eigenvalue weighted by Crippen LogP contribution is -2.42. The number of nitrogens with one attached hydrogen (secondary N) is 1. The fourth-order valence-corrected chi connectivity index (χ4v) is 4.50. The summed E-state index contributed by atoms with van der Waals surface area (Å²) in [4.78, 5) is 46.4. The molecular weight excluding hydrogens is 384 g/mol. The van der Waals surface area contributed by atoms with Crippen molar-refractivity contribution in [3.8, 4) is 0 Å². The van der Waals surface area contributed by atoms with Gasteiger partial charge in [-0.3, -0.25) is 24.7 Å². The Morgan fingerprint density at radius 1 is 1.07 bits per heavy atom. The van der Waals surface area contributed by atoms with Crippen molar-refractivity contribution in [3.05, 3.63) is 66.0 Å². The van der Waals surface area contributed by atoms with E-state index in [0.29, 0.717) is 49.1 Å². The fourth-order valence-electron chi connectivity index (χ4n) is 4.50. The Kier molecular flexibility index (Phi) is 4.27. The van der Waals surface area contributed by atoms with Gasteiger partial charge >= 0.3 is 0 Å². The molecule has 2 atom stereocenters. The monoisotopic (exact) mass is 404 g/mol. The maximum absolute atomic E-state index is 13.0. The van der Waals surface area contributed by atoms with Crippen molar-refractivity contribution in [2.75, 3.05) is 26.2 Å². The number of H-pyrrole nitrogens is 1. The molecule has 5 rings (SSSR count). The molecule has 2 aliphatic rings. The Hall–Kier alpha value is -3.69. The van der Waals surface area contributed by atoms with Crippen molar-refractivity contribution in [1.29, 1.82) is 0 Å². The number of amides is 2. The zero-order chi connectivity index (χ0) is 20.7. The van der Waals surface area contributed by atoms with E-state index in [4.69, 9.17) is 0 Å². The van der Waals surface area contributed by atoms with Crippen LogP contribution < -0.4 is 0 Å². The van der Waals surface area contributed by atoms with Gasteiger partial charge in [0.15, 0.2) is 5.82 Å². The van der Waals surface area contributed by atoms with Gasteiger partial charge in [0, 0.05) is 56.9 Å². The first-order valence-electron chi connectivity index (χ1n) is 9.71. The minimum absolute atomic E-state index is 0.0222. The number of likely N-dealkylation sites (tertiary alicyclic amines) is 2. The molecule has 152 valence electrons. The number of aromatic nitrogens is 6. The number of aryl methyl sites for hydroxylation is 1. The summed E-state index contributed by atoms with van der Waals surface area (Å²) in [6.45, 7) is 3.71. The average molecular weight is 404 g/mol. The van der Waals surface area contributed by atoms with Crippen molar-refractivity contribution >= 4 is 11.8 Å². The van der Waals surface area contributed by atoms with Crippen LogP contribution in [0.4, 0.5) is 0 Å². The van der Waals surface area contributed by atoms with Gasteiger partial charge in [-0.05, 0) is 19.1 Å². The molecule has 0 aromatic carbocycles. The molecule has 3 aromatic heterocycles. The van der Waals surface area contributed by atoms with Gasteiger partial charge in [0.25, 0.3) is 11.8 Å². The Morgan fingerprint density at radius 3 is 2.47 bits per heavy atom. The van der Waals surface area contributed by atoms with E-state index in [1.165, 1.54) is 18.6 Å². The van der Waals surface area contributed by atoms with Gasteiger partial charge in [0.1, 0.15) is 11.5 Å². The van der Waals surface area contributed by atoms with E-state index < -0.39 is 5.41 Å². The Bertz CT molecular complexity index is 1020. The minimum atomic E-state index is -0.527. The molecule has 2 aliphatic heterocycles. The number of carbonyl (C=O) groups excluding carboxylic acids is 2. The van der Waals surface area contributed by atoms with Gasteiger partial charge < -0.3 is 9.80 Å². The molecule has 30 heavy (non-hydrogen) atoms. The van der Waals surface area contributed by atoms with E-state index in [1.807, 2.05) is 11.8 Å². The number of hydrogen-bond acceptors (Lipinski definition) is 7. The first-order chi connectivity index (χ1) is 14.6.